The van der Waals surface area contributed by atoms with Crippen molar-refractivity contribution < 1.29 is 0 Å². The van der Waals surface area contributed by atoms with E-state index >= 15 is 0 Å². The van der Waals surface area contributed by atoms with Gasteiger partial charge < -0.3 is 4.90 Å². The lowest BCUT2D eigenvalue weighted by atomic mass is 10.00. The first-order valence-electron chi connectivity index (χ1n) is 6.16. The third kappa shape index (κ3) is 6.51. The molecule has 0 aliphatic rings. The van der Waals surface area contributed by atoms with Crippen LogP contribution in [0.3, 0.4) is 0 Å². The highest BCUT2D eigenvalue weighted by molar-refractivity contribution is 5.05. The molecular formula is C14H27N. The van der Waals surface area contributed by atoms with Crippen LogP contribution in [0.25, 0.3) is 0 Å². The topological polar surface area (TPSA) is 3.24 Å². The average Bonchev–Trinajstić information content (AvgIpc) is 2.28. The molecule has 0 saturated carbocycles. The maximum Gasteiger partial charge on any atom is 0.0189 e. The van der Waals surface area contributed by atoms with E-state index in [-0.39, 0.29) is 0 Å². The van der Waals surface area contributed by atoms with Crippen LogP contribution in [0, 0.1) is 5.92 Å². The highest BCUT2D eigenvalue weighted by atomic mass is 15.1. The van der Waals surface area contributed by atoms with Gasteiger partial charge in [-0.15, -0.1) is 6.58 Å². The van der Waals surface area contributed by atoms with Crippen molar-refractivity contribution in [3.8, 4) is 0 Å². The fraction of sp³-hybridized carbons (Fsp3) is 0.714. The summed E-state index contributed by atoms with van der Waals surface area (Å²) in [6.45, 7) is 12.8. The first-order chi connectivity index (χ1) is 7.17. The minimum Gasteiger partial charge on any atom is -0.303 e. The van der Waals surface area contributed by atoms with Crippen LogP contribution in [-0.4, -0.2) is 25.0 Å². The van der Waals surface area contributed by atoms with Crippen molar-refractivity contribution in [2.24, 2.45) is 5.92 Å². The maximum atomic E-state index is 3.87. The van der Waals surface area contributed by atoms with Gasteiger partial charge in [-0.05, 0) is 38.8 Å². The first kappa shape index (κ1) is 14.4. The normalized spacial score (nSPS) is 14.3. The molecule has 0 radical (unpaired) electrons. The second-order valence-electron chi connectivity index (χ2n) is 4.19. The molecule has 88 valence electrons. The molecule has 0 N–H and O–H groups in total. The minimum atomic E-state index is 0.651. The van der Waals surface area contributed by atoms with E-state index in [1.54, 1.807) is 5.57 Å². The van der Waals surface area contributed by atoms with Crippen LogP contribution in [0.4, 0.5) is 0 Å². The highest BCUT2D eigenvalue weighted by Crippen LogP contribution is 2.13. The zero-order valence-corrected chi connectivity index (χ0v) is 10.9. The lowest BCUT2D eigenvalue weighted by Crippen LogP contribution is -2.20. The third-order valence-corrected chi connectivity index (χ3v) is 3.03. The molecule has 1 nitrogen and oxygen atoms in total. The predicted molar refractivity (Wildman–Crippen MR) is 70.1 cm³/mol. The molecule has 1 heteroatoms. The van der Waals surface area contributed by atoms with Crippen molar-refractivity contribution in [1.82, 2.24) is 4.90 Å². The minimum absolute atomic E-state index is 0.651. The largest absolute Gasteiger partial charge is 0.303 e. The Morgan fingerprint density at radius 1 is 1.33 bits per heavy atom. The SMILES string of the molecule is C=CC(CC)CC=C(CC)CN(C)CC. The van der Waals surface area contributed by atoms with Gasteiger partial charge in [-0.3, -0.25) is 0 Å². The highest BCUT2D eigenvalue weighted by Gasteiger charge is 2.02. The molecule has 0 aromatic carbocycles. The molecule has 1 atom stereocenters. The van der Waals surface area contributed by atoms with E-state index in [1.807, 2.05) is 0 Å². The Balaban J connectivity index is 4.14. The van der Waals surface area contributed by atoms with Crippen LogP contribution in [0.5, 0.6) is 0 Å². The summed E-state index contributed by atoms with van der Waals surface area (Å²) in [4.78, 5) is 2.35. The molecule has 0 spiro atoms. The quantitative estimate of drug-likeness (QED) is 0.548. The van der Waals surface area contributed by atoms with Gasteiger partial charge in [-0.2, -0.15) is 0 Å². The molecule has 0 bridgehead atoms. The monoisotopic (exact) mass is 209 g/mol. The smallest absolute Gasteiger partial charge is 0.0189 e. The van der Waals surface area contributed by atoms with E-state index in [0.29, 0.717) is 5.92 Å². The van der Waals surface area contributed by atoms with E-state index < -0.39 is 0 Å². The van der Waals surface area contributed by atoms with Crippen molar-refractivity contribution in [2.75, 3.05) is 20.1 Å². The van der Waals surface area contributed by atoms with Crippen LogP contribution in [0.1, 0.15) is 40.0 Å². The van der Waals surface area contributed by atoms with Gasteiger partial charge in [-0.25, -0.2) is 0 Å². The van der Waals surface area contributed by atoms with Crippen LogP contribution >= 0.6 is 0 Å². The summed E-state index contributed by atoms with van der Waals surface area (Å²) in [5, 5.41) is 0. The Morgan fingerprint density at radius 3 is 2.40 bits per heavy atom. The number of allylic oxidation sites excluding steroid dienone is 2. The Bertz CT molecular complexity index is 194. The molecule has 0 fully saturated rings. The van der Waals surface area contributed by atoms with E-state index in [0.717, 1.165) is 25.9 Å². The zero-order valence-electron chi connectivity index (χ0n) is 10.9. The van der Waals surface area contributed by atoms with Crippen molar-refractivity contribution in [3.63, 3.8) is 0 Å². The number of hydrogen-bond donors (Lipinski definition) is 0. The van der Waals surface area contributed by atoms with Crippen molar-refractivity contribution in [3.05, 3.63) is 24.3 Å². The Morgan fingerprint density at radius 2 is 2.00 bits per heavy atom. The molecule has 0 saturated heterocycles. The molecule has 0 aliphatic heterocycles. The van der Waals surface area contributed by atoms with Crippen LogP contribution in [0.15, 0.2) is 24.3 Å². The zero-order chi connectivity index (χ0) is 11.7. The summed E-state index contributed by atoms with van der Waals surface area (Å²) in [5.74, 6) is 0.651. The van der Waals surface area contributed by atoms with Gasteiger partial charge in [0.25, 0.3) is 0 Å². The number of nitrogens with zero attached hydrogens (tertiary/aromatic N) is 1. The molecule has 0 aromatic heterocycles. The number of hydrogen-bond acceptors (Lipinski definition) is 1. The summed E-state index contributed by atoms with van der Waals surface area (Å²) in [6.07, 6.45) is 7.99. The summed E-state index contributed by atoms with van der Waals surface area (Å²) < 4.78 is 0. The summed E-state index contributed by atoms with van der Waals surface area (Å²) >= 11 is 0. The maximum absolute atomic E-state index is 3.87. The fourth-order valence-corrected chi connectivity index (χ4v) is 1.53. The predicted octanol–water partition coefficient (Wildman–Crippen LogP) is 3.88. The second kappa shape index (κ2) is 8.72. The number of rotatable bonds is 8. The van der Waals surface area contributed by atoms with E-state index in [1.165, 1.54) is 6.42 Å². The van der Waals surface area contributed by atoms with Gasteiger partial charge in [0.1, 0.15) is 0 Å². The van der Waals surface area contributed by atoms with Crippen LogP contribution < -0.4 is 0 Å². The molecule has 0 rings (SSSR count). The Hall–Kier alpha value is -0.560. The lowest BCUT2D eigenvalue weighted by Gasteiger charge is -2.16. The van der Waals surface area contributed by atoms with E-state index in [2.05, 4.69) is 51.4 Å². The average molecular weight is 209 g/mol. The summed E-state index contributed by atoms with van der Waals surface area (Å²) in [5.41, 5.74) is 1.56. The van der Waals surface area contributed by atoms with Crippen molar-refractivity contribution in [2.45, 2.75) is 40.0 Å². The molecule has 0 aliphatic carbocycles. The van der Waals surface area contributed by atoms with Gasteiger partial charge in [0.15, 0.2) is 0 Å². The molecule has 0 heterocycles. The number of likely N-dealkylation sites (N-methyl/N-ethyl adjacent to an activating group) is 1. The Kier molecular flexibility index (Phi) is 8.40. The third-order valence-electron chi connectivity index (χ3n) is 3.03. The molecule has 1 unspecified atom stereocenters. The van der Waals surface area contributed by atoms with Crippen molar-refractivity contribution >= 4 is 0 Å². The van der Waals surface area contributed by atoms with Gasteiger partial charge in [0.2, 0.25) is 0 Å². The molecular weight excluding hydrogens is 182 g/mol. The van der Waals surface area contributed by atoms with Gasteiger partial charge >= 0.3 is 0 Å². The van der Waals surface area contributed by atoms with Gasteiger partial charge in [0.05, 0.1) is 0 Å². The lowest BCUT2D eigenvalue weighted by molar-refractivity contribution is 0.379. The molecule has 15 heavy (non-hydrogen) atoms. The van der Waals surface area contributed by atoms with Crippen LogP contribution in [-0.2, 0) is 0 Å². The summed E-state index contributed by atoms with van der Waals surface area (Å²) in [7, 11) is 2.17. The van der Waals surface area contributed by atoms with Crippen LogP contribution in [0.2, 0.25) is 0 Å². The second-order valence-corrected chi connectivity index (χ2v) is 4.19. The van der Waals surface area contributed by atoms with E-state index in [9.17, 15) is 0 Å². The van der Waals surface area contributed by atoms with Crippen molar-refractivity contribution in [1.29, 1.82) is 0 Å². The fourth-order valence-electron chi connectivity index (χ4n) is 1.53. The Labute approximate surface area is 95.9 Å². The van der Waals surface area contributed by atoms with Gasteiger partial charge in [-0.1, -0.05) is 38.5 Å². The molecule has 0 aromatic rings. The summed E-state index contributed by atoms with van der Waals surface area (Å²) in [6, 6.07) is 0. The first-order valence-corrected chi connectivity index (χ1v) is 6.16. The van der Waals surface area contributed by atoms with Gasteiger partial charge in [0, 0.05) is 6.54 Å². The van der Waals surface area contributed by atoms with E-state index in [4.69, 9.17) is 0 Å². The molecule has 0 amide bonds. The standard InChI is InChI=1S/C14H27N/c1-6-13(7-2)10-11-14(8-3)12-15(5)9-4/h6,11,13H,1,7-10,12H2,2-5H3.